The molecular weight excluding hydrogens is 278 g/mol. The Labute approximate surface area is 117 Å². The first-order chi connectivity index (χ1) is 9.53. The van der Waals surface area contributed by atoms with Gasteiger partial charge < -0.3 is 16.0 Å². The molecule has 3 N–H and O–H groups in total. The Morgan fingerprint density at radius 3 is 2.65 bits per heavy atom. The van der Waals surface area contributed by atoms with Gasteiger partial charge in [-0.3, -0.25) is 4.79 Å². The summed E-state index contributed by atoms with van der Waals surface area (Å²) < 4.78 is 22.8. The van der Waals surface area contributed by atoms with Crippen molar-refractivity contribution < 1.29 is 13.2 Å². The van der Waals surface area contributed by atoms with E-state index in [4.69, 9.17) is 0 Å². The summed E-state index contributed by atoms with van der Waals surface area (Å²) in [6.45, 7) is 1.68. The van der Waals surface area contributed by atoms with Gasteiger partial charge in [0.2, 0.25) is 0 Å². The summed E-state index contributed by atoms with van der Waals surface area (Å²) >= 11 is 0. The van der Waals surface area contributed by atoms with Crippen LogP contribution in [0.4, 0.5) is 11.4 Å². The van der Waals surface area contributed by atoms with Crippen LogP contribution in [0.5, 0.6) is 0 Å². The summed E-state index contributed by atoms with van der Waals surface area (Å²) in [7, 11) is -2.97. The molecule has 6 nitrogen and oxygen atoms in total. The van der Waals surface area contributed by atoms with Crippen molar-refractivity contribution in [3.63, 3.8) is 0 Å². The van der Waals surface area contributed by atoms with Crippen LogP contribution in [0.3, 0.4) is 0 Å². The SMILES string of the molecule is O=C(NC1CCS(=O)(=O)C1)c1ccc2c(c1)NCCN2. The van der Waals surface area contributed by atoms with E-state index >= 15 is 0 Å². The van der Waals surface area contributed by atoms with Crippen molar-refractivity contribution >= 4 is 27.1 Å². The minimum Gasteiger partial charge on any atom is -0.382 e. The normalized spacial score (nSPS) is 23.3. The smallest absolute Gasteiger partial charge is 0.251 e. The van der Waals surface area contributed by atoms with Crippen molar-refractivity contribution in [2.75, 3.05) is 35.2 Å². The van der Waals surface area contributed by atoms with Crippen molar-refractivity contribution in [3.8, 4) is 0 Å². The molecule has 1 fully saturated rings. The monoisotopic (exact) mass is 295 g/mol. The second kappa shape index (κ2) is 4.97. The highest BCUT2D eigenvalue weighted by Gasteiger charge is 2.29. The van der Waals surface area contributed by atoms with Crippen LogP contribution in [0.25, 0.3) is 0 Å². The highest BCUT2D eigenvalue weighted by molar-refractivity contribution is 7.91. The Hall–Kier alpha value is -1.76. The fourth-order valence-electron chi connectivity index (χ4n) is 2.56. The van der Waals surface area contributed by atoms with E-state index in [9.17, 15) is 13.2 Å². The van der Waals surface area contributed by atoms with Gasteiger partial charge in [0.1, 0.15) is 0 Å². The molecule has 1 amide bonds. The standard InChI is InChI=1S/C13H17N3O3S/c17-13(16-10-3-6-20(18,19)8-10)9-1-2-11-12(7-9)15-5-4-14-11/h1-2,7,10,14-15H,3-6,8H2,(H,16,17). The summed E-state index contributed by atoms with van der Waals surface area (Å²) in [5.41, 5.74) is 2.43. The summed E-state index contributed by atoms with van der Waals surface area (Å²) in [5.74, 6) is -0.0147. The number of benzene rings is 1. The molecular formula is C13H17N3O3S. The third-order valence-corrected chi connectivity index (χ3v) is 5.37. The number of amides is 1. The van der Waals surface area contributed by atoms with Crippen LogP contribution in [0.2, 0.25) is 0 Å². The van der Waals surface area contributed by atoms with Gasteiger partial charge in [0.25, 0.3) is 5.91 Å². The van der Waals surface area contributed by atoms with Crippen LogP contribution in [0.1, 0.15) is 16.8 Å². The molecule has 1 unspecified atom stereocenters. The molecule has 0 aliphatic carbocycles. The first-order valence-electron chi connectivity index (χ1n) is 6.67. The van der Waals surface area contributed by atoms with E-state index in [1.165, 1.54) is 0 Å². The molecule has 7 heteroatoms. The number of fused-ring (bicyclic) bond motifs is 1. The highest BCUT2D eigenvalue weighted by atomic mass is 32.2. The Bertz CT molecular complexity index is 642. The van der Waals surface area contributed by atoms with Gasteiger partial charge in [-0.25, -0.2) is 8.42 Å². The molecule has 1 aromatic rings. The second-order valence-corrected chi connectivity index (χ2v) is 7.42. The fraction of sp³-hybridized carbons (Fsp3) is 0.462. The molecule has 2 heterocycles. The predicted molar refractivity (Wildman–Crippen MR) is 77.9 cm³/mol. The molecule has 1 saturated heterocycles. The van der Waals surface area contributed by atoms with E-state index in [-0.39, 0.29) is 23.5 Å². The maximum absolute atomic E-state index is 12.1. The lowest BCUT2D eigenvalue weighted by Gasteiger charge is -2.20. The van der Waals surface area contributed by atoms with Crippen LogP contribution < -0.4 is 16.0 Å². The molecule has 2 aliphatic heterocycles. The molecule has 0 radical (unpaired) electrons. The third-order valence-electron chi connectivity index (χ3n) is 3.61. The quantitative estimate of drug-likeness (QED) is 0.737. The number of rotatable bonds is 2. The number of anilines is 2. The Morgan fingerprint density at radius 1 is 1.20 bits per heavy atom. The molecule has 0 spiro atoms. The van der Waals surface area contributed by atoms with Crippen molar-refractivity contribution in [3.05, 3.63) is 23.8 Å². The lowest BCUT2D eigenvalue weighted by atomic mass is 10.1. The van der Waals surface area contributed by atoms with Crippen molar-refractivity contribution in [2.45, 2.75) is 12.5 Å². The Morgan fingerprint density at radius 2 is 1.95 bits per heavy atom. The zero-order valence-electron chi connectivity index (χ0n) is 11.0. The molecule has 2 aliphatic rings. The minimum atomic E-state index is -2.97. The molecule has 0 bridgehead atoms. The fourth-order valence-corrected chi connectivity index (χ4v) is 4.23. The molecule has 0 saturated carbocycles. The average molecular weight is 295 g/mol. The lowest BCUT2D eigenvalue weighted by Crippen LogP contribution is -2.35. The van der Waals surface area contributed by atoms with Crippen LogP contribution in [-0.4, -0.2) is 45.0 Å². The highest BCUT2D eigenvalue weighted by Crippen LogP contribution is 2.25. The lowest BCUT2D eigenvalue weighted by molar-refractivity contribution is 0.0941. The average Bonchev–Trinajstić information content (AvgIpc) is 2.77. The van der Waals surface area contributed by atoms with Crippen molar-refractivity contribution in [2.24, 2.45) is 0 Å². The predicted octanol–water partition coefficient (Wildman–Crippen LogP) is 0.441. The summed E-state index contributed by atoms with van der Waals surface area (Å²) in [6, 6.07) is 5.13. The zero-order chi connectivity index (χ0) is 14.2. The number of carbonyl (C=O) groups is 1. The van der Waals surface area contributed by atoms with Gasteiger partial charge >= 0.3 is 0 Å². The summed E-state index contributed by atoms with van der Waals surface area (Å²) in [6.07, 6.45) is 0.499. The van der Waals surface area contributed by atoms with E-state index in [0.29, 0.717) is 12.0 Å². The summed E-state index contributed by atoms with van der Waals surface area (Å²) in [4.78, 5) is 12.1. The summed E-state index contributed by atoms with van der Waals surface area (Å²) in [5, 5.41) is 9.26. The van der Waals surface area contributed by atoms with Gasteiger partial charge in [0, 0.05) is 24.7 Å². The van der Waals surface area contributed by atoms with E-state index in [0.717, 1.165) is 24.5 Å². The van der Waals surface area contributed by atoms with Gasteiger partial charge in [0.15, 0.2) is 9.84 Å². The topological polar surface area (TPSA) is 87.3 Å². The zero-order valence-corrected chi connectivity index (χ0v) is 11.8. The molecule has 1 aromatic carbocycles. The molecule has 0 aromatic heterocycles. The number of sulfone groups is 1. The number of carbonyl (C=O) groups excluding carboxylic acids is 1. The third kappa shape index (κ3) is 2.72. The van der Waals surface area contributed by atoms with Crippen LogP contribution in [0.15, 0.2) is 18.2 Å². The molecule has 3 rings (SSSR count). The van der Waals surface area contributed by atoms with Crippen LogP contribution in [-0.2, 0) is 9.84 Å². The van der Waals surface area contributed by atoms with Gasteiger partial charge in [-0.15, -0.1) is 0 Å². The van der Waals surface area contributed by atoms with Gasteiger partial charge in [-0.05, 0) is 24.6 Å². The largest absolute Gasteiger partial charge is 0.382 e. The second-order valence-electron chi connectivity index (χ2n) is 5.19. The molecule has 20 heavy (non-hydrogen) atoms. The van der Waals surface area contributed by atoms with Crippen LogP contribution >= 0.6 is 0 Å². The van der Waals surface area contributed by atoms with Crippen molar-refractivity contribution in [1.29, 1.82) is 0 Å². The Balaban J connectivity index is 1.71. The van der Waals surface area contributed by atoms with E-state index in [2.05, 4.69) is 16.0 Å². The van der Waals surface area contributed by atoms with Gasteiger partial charge in [-0.1, -0.05) is 0 Å². The number of hydrogen-bond donors (Lipinski definition) is 3. The molecule has 108 valence electrons. The van der Waals surface area contributed by atoms with Crippen molar-refractivity contribution in [1.82, 2.24) is 5.32 Å². The maximum atomic E-state index is 12.1. The van der Waals surface area contributed by atoms with E-state index in [1.807, 2.05) is 6.07 Å². The van der Waals surface area contributed by atoms with Gasteiger partial charge in [0.05, 0.1) is 22.9 Å². The number of hydrogen-bond acceptors (Lipinski definition) is 5. The number of nitrogens with one attached hydrogen (secondary N) is 3. The first-order valence-corrected chi connectivity index (χ1v) is 8.49. The van der Waals surface area contributed by atoms with Crippen LogP contribution in [0, 0.1) is 0 Å². The first kappa shape index (κ1) is 13.2. The maximum Gasteiger partial charge on any atom is 0.251 e. The van der Waals surface area contributed by atoms with E-state index < -0.39 is 9.84 Å². The van der Waals surface area contributed by atoms with Gasteiger partial charge in [-0.2, -0.15) is 0 Å². The minimum absolute atomic E-state index is 0.0451. The Kier molecular flexibility index (Phi) is 3.29. The molecule has 1 atom stereocenters. The van der Waals surface area contributed by atoms with E-state index in [1.54, 1.807) is 12.1 Å².